The molecule has 6 heteroatoms. The van der Waals surface area contributed by atoms with Gasteiger partial charge in [-0.1, -0.05) is 0 Å². The van der Waals surface area contributed by atoms with Gasteiger partial charge in [-0.25, -0.2) is 0 Å². The number of ether oxygens (including phenoxy) is 1. The van der Waals surface area contributed by atoms with Crippen molar-refractivity contribution in [1.82, 2.24) is 0 Å². The summed E-state index contributed by atoms with van der Waals surface area (Å²) < 4.78 is 5.64. The second kappa shape index (κ2) is 6.91. The Balaban J connectivity index is 1.74. The largest absolute Gasteiger partial charge is 0.371 e. The van der Waals surface area contributed by atoms with Crippen molar-refractivity contribution >= 4 is 28.9 Å². The van der Waals surface area contributed by atoms with Crippen molar-refractivity contribution in [3.8, 4) is 0 Å². The molecular weight excluding hydrogens is 330 g/mol. The van der Waals surface area contributed by atoms with Gasteiger partial charge in [0.1, 0.15) is 6.10 Å². The van der Waals surface area contributed by atoms with Crippen molar-refractivity contribution in [2.45, 2.75) is 51.7 Å². The summed E-state index contributed by atoms with van der Waals surface area (Å²) in [6, 6.07) is 6.10. The van der Waals surface area contributed by atoms with Crippen molar-refractivity contribution < 1.29 is 14.3 Å². The van der Waals surface area contributed by atoms with E-state index in [0.29, 0.717) is 13.2 Å². The van der Waals surface area contributed by atoms with E-state index in [0.717, 1.165) is 43.0 Å². The van der Waals surface area contributed by atoms with Crippen LogP contribution in [0.2, 0.25) is 0 Å². The average Bonchev–Trinajstić information content (AvgIpc) is 3.33. The maximum atomic E-state index is 13.1. The van der Waals surface area contributed by atoms with Gasteiger partial charge in [0.05, 0.1) is 17.4 Å². The van der Waals surface area contributed by atoms with Gasteiger partial charge in [-0.15, -0.1) is 0 Å². The van der Waals surface area contributed by atoms with Gasteiger partial charge in [0.25, 0.3) is 5.91 Å². The first-order chi connectivity index (χ1) is 12.6. The maximum Gasteiger partial charge on any atom is 0.256 e. The number of amides is 2. The molecular formula is C20H27N3O3. The Labute approximate surface area is 154 Å². The van der Waals surface area contributed by atoms with Crippen molar-refractivity contribution in [1.29, 1.82) is 0 Å². The highest BCUT2D eigenvalue weighted by Crippen LogP contribution is 2.40. The first-order valence-corrected chi connectivity index (χ1v) is 9.68. The van der Waals surface area contributed by atoms with Crippen LogP contribution in [0.25, 0.3) is 0 Å². The topological polar surface area (TPSA) is 53.1 Å². The van der Waals surface area contributed by atoms with Crippen molar-refractivity contribution in [3.63, 3.8) is 0 Å². The van der Waals surface area contributed by atoms with Crippen LogP contribution in [0.4, 0.5) is 17.1 Å². The highest BCUT2D eigenvalue weighted by molar-refractivity contribution is 6.06. The van der Waals surface area contributed by atoms with E-state index in [2.05, 4.69) is 17.0 Å². The fraction of sp³-hybridized carbons (Fsp3) is 0.600. The number of rotatable bonds is 2. The van der Waals surface area contributed by atoms with Crippen LogP contribution in [0.1, 0.15) is 39.5 Å². The highest BCUT2D eigenvalue weighted by atomic mass is 16.5. The van der Waals surface area contributed by atoms with Gasteiger partial charge in [0.15, 0.2) is 0 Å². The average molecular weight is 357 g/mol. The molecule has 3 aliphatic rings. The number of anilines is 3. The number of hydrogen-bond donors (Lipinski definition) is 0. The summed E-state index contributed by atoms with van der Waals surface area (Å²) in [6.07, 6.45) is 3.76. The zero-order chi connectivity index (χ0) is 18.3. The van der Waals surface area contributed by atoms with Crippen LogP contribution in [0.3, 0.4) is 0 Å². The molecule has 4 rings (SSSR count). The Morgan fingerprint density at radius 1 is 1.12 bits per heavy atom. The summed E-state index contributed by atoms with van der Waals surface area (Å²) in [5.41, 5.74) is 2.79. The lowest BCUT2D eigenvalue weighted by atomic mass is 10.0. The van der Waals surface area contributed by atoms with Gasteiger partial charge in [0.2, 0.25) is 5.91 Å². The fourth-order valence-corrected chi connectivity index (χ4v) is 4.42. The van der Waals surface area contributed by atoms with E-state index in [4.69, 9.17) is 4.74 Å². The second-order valence-corrected chi connectivity index (χ2v) is 7.56. The molecule has 0 aromatic heterocycles. The SMILES string of the molecule is CC(=O)N1c2ccc(N3CCCC3)cc2N(C(=O)C2CCCO2)C[C@@H]1C. The van der Waals surface area contributed by atoms with Crippen LogP contribution in [0.5, 0.6) is 0 Å². The highest BCUT2D eigenvalue weighted by Gasteiger charge is 2.37. The quantitative estimate of drug-likeness (QED) is 0.816. The summed E-state index contributed by atoms with van der Waals surface area (Å²) in [4.78, 5) is 31.3. The molecule has 2 atom stereocenters. The standard InChI is InChI=1S/C20H27N3O3/c1-14-13-22(20(25)19-6-5-11-26-19)18-12-16(21-9-3-4-10-21)7-8-17(18)23(14)15(2)24/h7-8,12,14,19H,3-6,9-11,13H2,1-2H3/t14-,19?/m0/s1. The molecule has 140 valence electrons. The third kappa shape index (κ3) is 2.96. The summed E-state index contributed by atoms with van der Waals surface area (Å²) in [7, 11) is 0. The first-order valence-electron chi connectivity index (χ1n) is 9.68. The van der Waals surface area contributed by atoms with Crippen LogP contribution < -0.4 is 14.7 Å². The lowest BCUT2D eigenvalue weighted by molar-refractivity contribution is -0.127. The van der Waals surface area contributed by atoms with Gasteiger partial charge >= 0.3 is 0 Å². The molecule has 1 unspecified atom stereocenters. The minimum atomic E-state index is -0.352. The third-order valence-electron chi connectivity index (χ3n) is 5.68. The number of fused-ring (bicyclic) bond motifs is 1. The minimum absolute atomic E-state index is 0.0110. The Bertz CT molecular complexity index is 708. The predicted octanol–water partition coefficient (Wildman–Crippen LogP) is 2.55. The molecule has 1 aromatic carbocycles. The van der Waals surface area contributed by atoms with Crippen LogP contribution in [0.15, 0.2) is 18.2 Å². The van der Waals surface area contributed by atoms with Crippen LogP contribution in [-0.2, 0) is 14.3 Å². The van der Waals surface area contributed by atoms with Crippen molar-refractivity contribution in [2.75, 3.05) is 40.9 Å². The second-order valence-electron chi connectivity index (χ2n) is 7.56. The van der Waals surface area contributed by atoms with Crippen LogP contribution in [0, 0.1) is 0 Å². The Morgan fingerprint density at radius 3 is 2.54 bits per heavy atom. The Morgan fingerprint density at radius 2 is 1.88 bits per heavy atom. The molecule has 0 bridgehead atoms. The predicted molar refractivity (Wildman–Crippen MR) is 102 cm³/mol. The zero-order valence-electron chi connectivity index (χ0n) is 15.6. The monoisotopic (exact) mass is 357 g/mol. The van der Waals surface area contributed by atoms with Gasteiger partial charge in [-0.3, -0.25) is 9.59 Å². The number of nitrogens with zero attached hydrogens (tertiary/aromatic N) is 3. The molecule has 0 saturated carbocycles. The first kappa shape index (κ1) is 17.3. The number of benzene rings is 1. The smallest absolute Gasteiger partial charge is 0.256 e. The van der Waals surface area contributed by atoms with E-state index < -0.39 is 0 Å². The Hall–Kier alpha value is -2.08. The van der Waals surface area contributed by atoms with E-state index in [-0.39, 0.29) is 24.0 Å². The van der Waals surface area contributed by atoms with Gasteiger partial charge < -0.3 is 19.4 Å². The minimum Gasteiger partial charge on any atom is -0.371 e. The molecule has 0 aliphatic carbocycles. The van der Waals surface area contributed by atoms with Gasteiger partial charge in [-0.2, -0.15) is 0 Å². The molecule has 6 nitrogen and oxygen atoms in total. The molecule has 2 fully saturated rings. The number of carbonyl (C=O) groups is 2. The zero-order valence-corrected chi connectivity index (χ0v) is 15.6. The molecule has 0 spiro atoms. The van der Waals surface area contributed by atoms with Gasteiger partial charge in [0, 0.05) is 38.9 Å². The van der Waals surface area contributed by atoms with E-state index in [1.165, 1.54) is 12.8 Å². The number of hydrogen-bond acceptors (Lipinski definition) is 4. The lowest BCUT2D eigenvalue weighted by Gasteiger charge is -2.41. The molecule has 2 saturated heterocycles. The molecule has 2 amide bonds. The van der Waals surface area contributed by atoms with Crippen molar-refractivity contribution in [3.05, 3.63) is 18.2 Å². The molecule has 26 heavy (non-hydrogen) atoms. The Kier molecular flexibility index (Phi) is 4.61. The van der Waals surface area contributed by atoms with Gasteiger partial charge in [-0.05, 0) is 50.8 Å². The van der Waals surface area contributed by atoms with Crippen molar-refractivity contribution in [2.24, 2.45) is 0 Å². The van der Waals surface area contributed by atoms with Crippen LogP contribution in [-0.4, -0.2) is 50.2 Å². The lowest BCUT2D eigenvalue weighted by Crippen LogP contribution is -2.53. The molecule has 3 heterocycles. The molecule has 0 radical (unpaired) electrons. The summed E-state index contributed by atoms with van der Waals surface area (Å²) >= 11 is 0. The van der Waals surface area contributed by atoms with E-state index >= 15 is 0 Å². The van der Waals surface area contributed by atoms with E-state index in [1.807, 2.05) is 22.8 Å². The normalized spacial score (nSPS) is 25.5. The summed E-state index contributed by atoms with van der Waals surface area (Å²) in [5.74, 6) is 0.0364. The van der Waals surface area contributed by atoms with Crippen LogP contribution >= 0.6 is 0 Å². The molecule has 3 aliphatic heterocycles. The third-order valence-corrected chi connectivity index (χ3v) is 5.68. The van der Waals surface area contributed by atoms with E-state index in [1.54, 1.807) is 6.92 Å². The fourth-order valence-electron chi connectivity index (χ4n) is 4.42. The summed E-state index contributed by atoms with van der Waals surface area (Å²) in [5, 5.41) is 0. The van der Waals surface area contributed by atoms with E-state index in [9.17, 15) is 9.59 Å². The summed E-state index contributed by atoms with van der Waals surface area (Å²) in [6.45, 7) is 6.84. The number of carbonyl (C=O) groups excluding carboxylic acids is 2. The molecule has 0 N–H and O–H groups in total. The maximum absolute atomic E-state index is 13.1. The molecule has 1 aromatic rings.